The third kappa shape index (κ3) is 3.43. The van der Waals surface area contributed by atoms with Crippen molar-refractivity contribution in [3.8, 4) is 0 Å². The molecule has 0 atom stereocenters. The van der Waals surface area contributed by atoms with Gasteiger partial charge in [0, 0.05) is 5.54 Å². The normalized spacial score (nSPS) is 16.9. The van der Waals surface area contributed by atoms with E-state index in [1.807, 2.05) is 6.92 Å². The van der Waals surface area contributed by atoms with E-state index in [1.54, 1.807) is 0 Å². The zero-order valence-corrected chi connectivity index (χ0v) is 10.8. The van der Waals surface area contributed by atoms with E-state index in [0.717, 1.165) is 25.7 Å². The highest BCUT2D eigenvalue weighted by Crippen LogP contribution is 2.28. The lowest BCUT2D eigenvalue weighted by Gasteiger charge is -2.25. The fourth-order valence-corrected chi connectivity index (χ4v) is 2.31. The lowest BCUT2D eigenvalue weighted by atomic mass is 10.0. The Morgan fingerprint density at radius 1 is 1.32 bits per heavy atom. The van der Waals surface area contributed by atoms with Gasteiger partial charge in [0.15, 0.2) is 0 Å². The van der Waals surface area contributed by atoms with Gasteiger partial charge in [0.05, 0.1) is 11.9 Å². The minimum atomic E-state index is -1.09. The molecule has 1 fully saturated rings. The molecule has 0 unspecified atom stereocenters. The van der Waals surface area contributed by atoms with Crippen LogP contribution in [0.3, 0.4) is 0 Å². The van der Waals surface area contributed by atoms with Crippen molar-refractivity contribution in [3.63, 3.8) is 0 Å². The van der Waals surface area contributed by atoms with E-state index in [0.29, 0.717) is 5.69 Å². The molecule has 19 heavy (non-hydrogen) atoms. The minimum Gasteiger partial charge on any atom is -0.477 e. The van der Waals surface area contributed by atoms with Crippen LogP contribution in [0.2, 0.25) is 0 Å². The van der Waals surface area contributed by atoms with Crippen LogP contribution < -0.4 is 10.6 Å². The summed E-state index contributed by atoms with van der Waals surface area (Å²) in [4.78, 5) is 26.2. The summed E-state index contributed by atoms with van der Waals surface area (Å²) in [6.45, 7) is 2.03. The lowest BCUT2D eigenvalue weighted by Crippen LogP contribution is -2.45. The van der Waals surface area contributed by atoms with Gasteiger partial charge in [-0.25, -0.2) is 14.6 Å². The summed E-state index contributed by atoms with van der Waals surface area (Å²) in [5.41, 5.74) is 0.288. The molecule has 0 radical (unpaired) electrons. The number of carboxylic acids is 1. The minimum absolute atomic E-state index is 0.0475. The third-order valence-corrected chi connectivity index (χ3v) is 3.36. The highest BCUT2D eigenvalue weighted by Gasteiger charge is 2.30. The highest BCUT2D eigenvalue weighted by atomic mass is 16.4. The first-order chi connectivity index (χ1) is 8.98. The number of rotatable bonds is 3. The summed E-state index contributed by atoms with van der Waals surface area (Å²) in [7, 11) is 0. The monoisotopic (exact) mass is 263 g/mol. The molecule has 2 rings (SSSR count). The summed E-state index contributed by atoms with van der Waals surface area (Å²) >= 11 is 0. The Morgan fingerprint density at radius 3 is 2.53 bits per heavy atom. The quantitative estimate of drug-likeness (QED) is 0.779. The third-order valence-electron chi connectivity index (χ3n) is 3.36. The molecule has 1 heterocycles. The Labute approximate surface area is 111 Å². The van der Waals surface area contributed by atoms with Crippen LogP contribution in [0.4, 0.5) is 10.5 Å². The van der Waals surface area contributed by atoms with Crippen molar-refractivity contribution in [1.82, 2.24) is 10.3 Å². The Kier molecular flexibility index (Phi) is 3.69. The van der Waals surface area contributed by atoms with Gasteiger partial charge in [-0.1, -0.05) is 12.8 Å². The first-order valence-corrected chi connectivity index (χ1v) is 6.27. The molecule has 2 amide bonds. The van der Waals surface area contributed by atoms with Gasteiger partial charge < -0.3 is 15.7 Å². The van der Waals surface area contributed by atoms with Crippen molar-refractivity contribution in [2.24, 2.45) is 0 Å². The molecular weight excluding hydrogens is 246 g/mol. The Bertz CT molecular complexity index is 478. The van der Waals surface area contributed by atoms with E-state index in [2.05, 4.69) is 15.6 Å². The van der Waals surface area contributed by atoms with Crippen LogP contribution in [0.15, 0.2) is 18.3 Å². The standard InChI is InChI=1S/C13H17N3O3/c1-13(6-2-3-7-13)16-12(19)15-9-4-5-10(11(17)18)14-8-9/h4-5,8H,2-3,6-7H2,1H3,(H,17,18)(H2,15,16,19). The molecule has 0 spiro atoms. The molecule has 1 aromatic rings. The number of nitrogens with one attached hydrogen (secondary N) is 2. The number of anilines is 1. The van der Waals surface area contributed by atoms with Gasteiger partial charge in [-0.3, -0.25) is 0 Å². The molecule has 0 aliphatic heterocycles. The summed E-state index contributed by atoms with van der Waals surface area (Å²) in [6.07, 6.45) is 5.56. The molecule has 0 saturated heterocycles. The van der Waals surface area contributed by atoms with E-state index in [4.69, 9.17) is 5.11 Å². The van der Waals surface area contributed by atoms with Crippen molar-refractivity contribution in [2.45, 2.75) is 38.1 Å². The fourth-order valence-electron chi connectivity index (χ4n) is 2.31. The second-order valence-electron chi connectivity index (χ2n) is 5.08. The number of carbonyl (C=O) groups excluding carboxylic acids is 1. The second-order valence-corrected chi connectivity index (χ2v) is 5.08. The maximum Gasteiger partial charge on any atom is 0.354 e. The number of urea groups is 1. The number of hydrogen-bond donors (Lipinski definition) is 3. The molecule has 6 heteroatoms. The molecule has 0 bridgehead atoms. The van der Waals surface area contributed by atoms with Gasteiger partial charge in [0.25, 0.3) is 0 Å². The fraction of sp³-hybridized carbons (Fsp3) is 0.462. The predicted molar refractivity (Wildman–Crippen MR) is 70.2 cm³/mol. The Hall–Kier alpha value is -2.11. The van der Waals surface area contributed by atoms with Gasteiger partial charge in [-0.2, -0.15) is 0 Å². The number of aromatic nitrogens is 1. The van der Waals surface area contributed by atoms with Gasteiger partial charge in [0.2, 0.25) is 0 Å². The SMILES string of the molecule is CC1(NC(=O)Nc2ccc(C(=O)O)nc2)CCCC1. The smallest absolute Gasteiger partial charge is 0.354 e. The Balaban J connectivity index is 1.93. The maximum absolute atomic E-state index is 11.8. The van der Waals surface area contributed by atoms with E-state index < -0.39 is 5.97 Å². The zero-order chi connectivity index (χ0) is 13.9. The summed E-state index contributed by atoms with van der Waals surface area (Å²) < 4.78 is 0. The number of carboxylic acid groups (broad SMARTS) is 1. The summed E-state index contributed by atoms with van der Waals surface area (Å²) in [5.74, 6) is -1.09. The number of nitrogens with zero attached hydrogens (tertiary/aromatic N) is 1. The van der Waals surface area contributed by atoms with Crippen LogP contribution in [0.5, 0.6) is 0 Å². The average Bonchev–Trinajstić information content (AvgIpc) is 2.76. The predicted octanol–water partition coefficient (Wildman–Crippen LogP) is 2.23. The zero-order valence-electron chi connectivity index (χ0n) is 10.8. The maximum atomic E-state index is 11.8. The molecule has 3 N–H and O–H groups in total. The molecule has 1 aliphatic rings. The van der Waals surface area contributed by atoms with Crippen molar-refractivity contribution in [1.29, 1.82) is 0 Å². The highest BCUT2D eigenvalue weighted by molar-refractivity contribution is 5.90. The second kappa shape index (κ2) is 5.26. The van der Waals surface area contributed by atoms with Gasteiger partial charge in [-0.15, -0.1) is 0 Å². The molecule has 6 nitrogen and oxygen atoms in total. The summed E-state index contributed by atoms with van der Waals surface area (Å²) in [6, 6.07) is 2.59. The van der Waals surface area contributed by atoms with Gasteiger partial charge in [-0.05, 0) is 31.9 Å². The summed E-state index contributed by atoms with van der Waals surface area (Å²) in [5, 5.41) is 14.3. The lowest BCUT2D eigenvalue weighted by molar-refractivity contribution is 0.0690. The van der Waals surface area contributed by atoms with E-state index >= 15 is 0 Å². The van der Waals surface area contributed by atoms with Crippen LogP contribution >= 0.6 is 0 Å². The van der Waals surface area contributed by atoms with E-state index in [1.165, 1.54) is 18.3 Å². The van der Waals surface area contributed by atoms with E-state index in [-0.39, 0.29) is 17.3 Å². The Morgan fingerprint density at radius 2 is 2.00 bits per heavy atom. The van der Waals surface area contributed by atoms with Crippen LogP contribution in [-0.2, 0) is 0 Å². The molecule has 102 valence electrons. The van der Waals surface area contributed by atoms with Crippen LogP contribution in [-0.4, -0.2) is 27.6 Å². The largest absolute Gasteiger partial charge is 0.477 e. The molecule has 1 saturated carbocycles. The number of hydrogen-bond acceptors (Lipinski definition) is 3. The first-order valence-electron chi connectivity index (χ1n) is 6.27. The topological polar surface area (TPSA) is 91.3 Å². The molecular formula is C13H17N3O3. The number of aromatic carboxylic acids is 1. The molecule has 1 aromatic heterocycles. The van der Waals surface area contributed by atoms with Crippen LogP contribution in [0.1, 0.15) is 43.1 Å². The van der Waals surface area contributed by atoms with Crippen molar-refractivity contribution >= 4 is 17.7 Å². The van der Waals surface area contributed by atoms with Crippen molar-refractivity contribution in [3.05, 3.63) is 24.0 Å². The van der Waals surface area contributed by atoms with Gasteiger partial charge >= 0.3 is 12.0 Å². The van der Waals surface area contributed by atoms with Crippen LogP contribution in [0.25, 0.3) is 0 Å². The molecule has 1 aliphatic carbocycles. The number of carbonyl (C=O) groups is 2. The number of amides is 2. The van der Waals surface area contributed by atoms with Crippen molar-refractivity contribution in [2.75, 3.05) is 5.32 Å². The van der Waals surface area contributed by atoms with Gasteiger partial charge in [0.1, 0.15) is 5.69 Å². The van der Waals surface area contributed by atoms with Crippen LogP contribution in [0, 0.1) is 0 Å². The average molecular weight is 263 g/mol. The first kappa shape index (κ1) is 13.3. The number of pyridine rings is 1. The van der Waals surface area contributed by atoms with E-state index in [9.17, 15) is 9.59 Å². The van der Waals surface area contributed by atoms with Crippen molar-refractivity contribution < 1.29 is 14.7 Å². The molecule has 0 aromatic carbocycles.